The van der Waals surface area contributed by atoms with Crippen LogP contribution in [0.15, 0.2) is 35.2 Å². The number of hydrogen-bond donors (Lipinski definition) is 1. The second-order valence-corrected chi connectivity index (χ2v) is 3.22. The van der Waals surface area contributed by atoms with Crippen LogP contribution in [0.1, 0.15) is 0 Å². The van der Waals surface area contributed by atoms with E-state index in [-0.39, 0.29) is 5.82 Å². The van der Waals surface area contributed by atoms with Crippen molar-refractivity contribution in [3.63, 3.8) is 0 Å². The van der Waals surface area contributed by atoms with Gasteiger partial charge in [0, 0.05) is 11.1 Å². The first-order valence-corrected chi connectivity index (χ1v) is 4.70. The van der Waals surface area contributed by atoms with E-state index in [2.05, 4.69) is 10.3 Å². The van der Waals surface area contributed by atoms with Crippen molar-refractivity contribution in [2.45, 2.75) is 0 Å². The van der Waals surface area contributed by atoms with Crippen LogP contribution in [0, 0.1) is 5.82 Å². The van der Waals surface area contributed by atoms with Gasteiger partial charge in [0.25, 0.3) is 0 Å². The van der Waals surface area contributed by atoms with Crippen LogP contribution in [0.2, 0.25) is 0 Å². The van der Waals surface area contributed by atoms with Crippen molar-refractivity contribution in [2.24, 2.45) is 0 Å². The van der Waals surface area contributed by atoms with Crippen molar-refractivity contribution in [2.75, 3.05) is 5.32 Å². The van der Waals surface area contributed by atoms with Gasteiger partial charge in [0.2, 0.25) is 0 Å². The number of benzene rings is 1. The predicted molar refractivity (Wildman–Crippen MR) is 51.8 cm³/mol. The molecule has 2 nitrogen and oxygen atoms in total. The van der Waals surface area contributed by atoms with Crippen molar-refractivity contribution in [1.29, 1.82) is 0 Å². The fraction of sp³-hybridized carbons (Fsp3) is 0. The summed E-state index contributed by atoms with van der Waals surface area (Å²) in [6, 6.07) is 6.17. The first-order valence-electron chi connectivity index (χ1n) is 3.75. The van der Waals surface area contributed by atoms with Gasteiger partial charge in [-0.1, -0.05) is 0 Å². The van der Waals surface area contributed by atoms with E-state index in [0.29, 0.717) is 0 Å². The number of rotatable bonds is 2. The summed E-state index contributed by atoms with van der Waals surface area (Å²) in [7, 11) is 0. The number of nitrogens with zero attached hydrogens (tertiary/aromatic N) is 1. The summed E-state index contributed by atoms with van der Waals surface area (Å²) in [5.74, 6) is 0.556. The number of halogens is 1. The molecule has 0 fully saturated rings. The molecule has 0 bridgehead atoms. The lowest BCUT2D eigenvalue weighted by molar-refractivity contribution is 0.628. The predicted octanol–water partition coefficient (Wildman–Crippen LogP) is 3.03. The second-order valence-electron chi connectivity index (χ2n) is 2.51. The Morgan fingerprint density at radius 2 is 2.00 bits per heavy atom. The number of anilines is 2. The van der Waals surface area contributed by atoms with Crippen molar-refractivity contribution < 1.29 is 4.39 Å². The molecule has 1 aromatic heterocycles. The van der Waals surface area contributed by atoms with E-state index in [1.807, 2.05) is 5.38 Å². The topological polar surface area (TPSA) is 24.9 Å². The van der Waals surface area contributed by atoms with Crippen LogP contribution in [-0.2, 0) is 0 Å². The SMILES string of the molecule is Fc1ccc(Nc2cscn2)cc1. The molecule has 1 aromatic carbocycles. The number of thiazole rings is 1. The molecule has 0 aliphatic carbocycles. The molecule has 2 aromatic rings. The molecular formula is C9H7FN2S. The maximum absolute atomic E-state index is 12.5. The molecule has 0 radical (unpaired) electrons. The van der Waals surface area contributed by atoms with Crippen molar-refractivity contribution in [3.8, 4) is 0 Å². The Labute approximate surface area is 79.1 Å². The largest absolute Gasteiger partial charge is 0.340 e. The van der Waals surface area contributed by atoms with Gasteiger partial charge >= 0.3 is 0 Å². The average Bonchev–Trinajstić information content (AvgIpc) is 2.62. The summed E-state index contributed by atoms with van der Waals surface area (Å²) in [4.78, 5) is 4.05. The van der Waals surface area contributed by atoms with Crippen LogP contribution in [0.5, 0.6) is 0 Å². The van der Waals surface area contributed by atoms with Gasteiger partial charge in [0.15, 0.2) is 0 Å². The monoisotopic (exact) mass is 194 g/mol. The van der Waals surface area contributed by atoms with E-state index in [4.69, 9.17) is 0 Å². The third-order valence-electron chi connectivity index (χ3n) is 1.55. The molecular weight excluding hydrogens is 187 g/mol. The van der Waals surface area contributed by atoms with Crippen LogP contribution >= 0.6 is 11.3 Å². The van der Waals surface area contributed by atoms with Crippen molar-refractivity contribution in [3.05, 3.63) is 41.0 Å². The molecule has 0 amide bonds. The minimum Gasteiger partial charge on any atom is -0.340 e. The van der Waals surface area contributed by atoms with E-state index >= 15 is 0 Å². The third-order valence-corrected chi connectivity index (χ3v) is 2.14. The molecule has 0 unspecified atom stereocenters. The van der Waals surface area contributed by atoms with E-state index in [0.717, 1.165) is 11.5 Å². The zero-order chi connectivity index (χ0) is 9.10. The third kappa shape index (κ3) is 2.03. The Kier molecular flexibility index (Phi) is 2.23. The summed E-state index contributed by atoms with van der Waals surface area (Å²) < 4.78 is 12.5. The highest BCUT2D eigenvalue weighted by Crippen LogP contribution is 2.15. The minimum atomic E-state index is -0.233. The van der Waals surface area contributed by atoms with Gasteiger partial charge in [-0.3, -0.25) is 0 Å². The highest BCUT2D eigenvalue weighted by molar-refractivity contribution is 7.07. The van der Waals surface area contributed by atoms with Gasteiger partial charge in [-0.25, -0.2) is 9.37 Å². The molecule has 1 heterocycles. The number of hydrogen-bond acceptors (Lipinski definition) is 3. The zero-order valence-corrected chi connectivity index (χ0v) is 7.51. The van der Waals surface area contributed by atoms with E-state index in [1.54, 1.807) is 17.6 Å². The Bertz CT molecular complexity index is 369. The van der Waals surface area contributed by atoms with Crippen molar-refractivity contribution in [1.82, 2.24) is 4.98 Å². The van der Waals surface area contributed by atoms with Gasteiger partial charge in [-0.2, -0.15) is 0 Å². The number of nitrogens with one attached hydrogen (secondary N) is 1. The Balaban J connectivity index is 2.15. The highest BCUT2D eigenvalue weighted by atomic mass is 32.1. The summed E-state index contributed by atoms with van der Waals surface area (Å²) in [6.45, 7) is 0. The fourth-order valence-corrected chi connectivity index (χ4v) is 1.44. The number of aromatic nitrogens is 1. The van der Waals surface area contributed by atoms with Gasteiger partial charge < -0.3 is 5.32 Å². The summed E-state index contributed by atoms with van der Waals surface area (Å²) in [5.41, 5.74) is 2.58. The highest BCUT2D eigenvalue weighted by Gasteiger charge is 1.95. The lowest BCUT2D eigenvalue weighted by atomic mass is 10.3. The molecule has 0 saturated carbocycles. The molecule has 0 atom stereocenters. The molecule has 0 aliphatic rings. The van der Waals surface area contributed by atoms with Gasteiger partial charge in [-0.15, -0.1) is 11.3 Å². The second kappa shape index (κ2) is 3.53. The van der Waals surface area contributed by atoms with Gasteiger partial charge in [0.05, 0.1) is 5.51 Å². The van der Waals surface area contributed by atoms with Gasteiger partial charge in [-0.05, 0) is 24.3 Å². The Hall–Kier alpha value is -1.42. The molecule has 2 rings (SSSR count). The molecule has 13 heavy (non-hydrogen) atoms. The lowest BCUT2D eigenvalue weighted by Gasteiger charge is -2.01. The summed E-state index contributed by atoms with van der Waals surface area (Å²) in [6.07, 6.45) is 0. The van der Waals surface area contributed by atoms with Crippen LogP contribution in [-0.4, -0.2) is 4.98 Å². The zero-order valence-electron chi connectivity index (χ0n) is 6.70. The van der Waals surface area contributed by atoms with Crippen molar-refractivity contribution >= 4 is 22.8 Å². The van der Waals surface area contributed by atoms with Crippen LogP contribution in [0.4, 0.5) is 15.9 Å². The molecule has 4 heteroatoms. The van der Waals surface area contributed by atoms with Crippen LogP contribution in [0.3, 0.4) is 0 Å². The Morgan fingerprint density at radius 1 is 1.23 bits per heavy atom. The van der Waals surface area contributed by atoms with E-state index in [1.165, 1.54) is 23.5 Å². The van der Waals surface area contributed by atoms with Crippen LogP contribution < -0.4 is 5.32 Å². The molecule has 0 saturated heterocycles. The standard InChI is InChI=1S/C9H7FN2S/c10-7-1-3-8(4-2-7)12-9-5-13-6-11-9/h1-6,12H. The molecule has 0 spiro atoms. The normalized spacial score (nSPS) is 9.92. The summed E-state index contributed by atoms with van der Waals surface area (Å²) >= 11 is 1.51. The lowest BCUT2D eigenvalue weighted by Crippen LogP contribution is -1.89. The molecule has 1 N–H and O–H groups in total. The smallest absolute Gasteiger partial charge is 0.141 e. The first-order chi connectivity index (χ1) is 6.34. The first kappa shape index (κ1) is 8.19. The minimum absolute atomic E-state index is 0.233. The Morgan fingerprint density at radius 3 is 2.62 bits per heavy atom. The van der Waals surface area contributed by atoms with Crippen LogP contribution in [0.25, 0.3) is 0 Å². The fourth-order valence-electron chi connectivity index (χ4n) is 0.955. The summed E-state index contributed by atoms with van der Waals surface area (Å²) in [5, 5.41) is 4.94. The van der Waals surface area contributed by atoms with E-state index in [9.17, 15) is 4.39 Å². The maximum Gasteiger partial charge on any atom is 0.141 e. The quantitative estimate of drug-likeness (QED) is 0.794. The molecule has 0 aliphatic heterocycles. The van der Waals surface area contributed by atoms with E-state index < -0.39 is 0 Å². The maximum atomic E-state index is 12.5. The average molecular weight is 194 g/mol. The van der Waals surface area contributed by atoms with Gasteiger partial charge in [0.1, 0.15) is 11.6 Å². The molecule has 66 valence electrons.